The highest BCUT2D eigenvalue weighted by Gasteiger charge is 2.20. The highest BCUT2D eigenvalue weighted by atomic mass is 19.1. The zero-order chi connectivity index (χ0) is 14.1. The molecule has 0 fully saturated rings. The third-order valence-electron chi connectivity index (χ3n) is 3.59. The molecule has 0 bridgehead atoms. The highest BCUT2D eigenvalue weighted by molar-refractivity contribution is 5.99. The fourth-order valence-electron chi connectivity index (χ4n) is 2.63. The zero-order valence-corrected chi connectivity index (χ0v) is 10.7. The number of halogens is 2. The predicted octanol–water partition coefficient (Wildman–Crippen LogP) is 4.35. The van der Waals surface area contributed by atoms with Gasteiger partial charge in [0.15, 0.2) is 0 Å². The lowest BCUT2D eigenvalue weighted by atomic mass is 9.83. The Balaban J connectivity index is 2.17. The van der Waals surface area contributed by atoms with Gasteiger partial charge in [-0.25, -0.2) is 8.78 Å². The maximum absolute atomic E-state index is 13.2. The van der Waals surface area contributed by atoms with Crippen molar-refractivity contribution in [2.75, 3.05) is 0 Å². The summed E-state index contributed by atoms with van der Waals surface area (Å²) >= 11 is 0. The molecule has 0 atom stereocenters. The van der Waals surface area contributed by atoms with E-state index in [1.54, 1.807) is 18.2 Å². The average molecular weight is 267 g/mol. The smallest absolute Gasteiger partial charge is 0.123 e. The fraction of sp³-hybridized carbons (Fsp3) is 0.118. The standard InChI is InChI=1S/C17H11F2N/c18-13-4-1-11(2-5-13)15-7-3-12-9-14(19)6-8-16(12)17(15)10-20/h1-2,4-6,8-9H,3,7H2. The van der Waals surface area contributed by atoms with Crippen LogP contribution >= 0.6 is 0 Å². The van der Waals surface area contributed by atoms with E-state index in [0.717, 1.165) is 22.3 Å². The van der Waals surface area contributed by atoms with Crippen LogP contribution in [0.5, 0.6) is 0 Å². The Morgan fingerprint density at radius 1 is 0.900 bits per heavy atom. The summed E-state index contributed by atoms with van der Waals surface area (Å²) in [6.07, 6.45) is 1.34. The second-order valence-corrected chi connectivity index (χ2v) is 4.77. The van der Waals surface area contributed by atoms with Gasteiger partial charge in [-0.2, -0.15) is 5.26 Å². The predicted molar refractivity (Wildman–Crippen MR) is 73.5 cm³/mol. The topological polar surface area (TPSA) is 23.8 Å². The summed E-state index contributed by atoms with van der Waals surface area (Å²) in [5.74, 6) is -0.586. The van der Waals surface area contributed by atoms with Gasteiger partial charge in [0.05, 0.1) is 5.57 Å². The molecular formula is C17H11F2N. The fourth-order valence-corrected chi connectivity index (χ4v) is 2.63. The molecule has 1 nitrogen and oxygen atoms in total. The van der Waals surface area contributed by atoms with E-state index in [4.69, 9.17) is 0 Å². The van der Waals surface area contributed by atoms with Crippen LogP contribution in [0.4, 0.5) is 8.78 Å². The Morgan fingerprint density at radius 3 is 2.30 bits per heavy atom. The van der Waals surface area contributed by atoms with Crippen LogP contribution < -0.4 is 0 Å². The van der Waals surface area contributed by atoms with Crippen molar-refractivity contribution in [2.24, 2.45) is 0 Å². The number of benzene rings is 2. The Kier molecular flexibility index (Phi) is 3.08. The van der Waals surface area contributed by atoms with Gasteiger partial charge in [0.25, 0.3) is 0 Å². The molecule has 0 heterocycles. The first-order chi connectivity index (χ1) is 9.69. The van der Waals surface area contributed by atoms with E-state index in [2.05, 4.69) is 6.07 Å². The van der Waals surface area contributed by atoms with Crippen molar-refractivity contribution in [3.05, 3.63) is 70.8 Å². The molecule has 0 amide bonds. The minimum absolute atomic E-state index is 0.286. The van der Waals surface area contributed by atoms with Crippen LogP contribution in [-0.2, 0) is 6.42 Å². The van der Waals surface area contributed by atoms with Gasteiger partial charge < -0.3 is 0 Å². The lowest BCUT2D eigenvalue weighted by Gasteiger charge is -2.20. The summed E-state index contributed by atoms with van der Waals surface area (Å²) in [6.45, 7) is 0. The van der Waals surface area contributed by atoms with E-state index in [1.165, 1.54) is 24.3 Å². The van der Waals surface area contributed by atoms with Gasteiger partial charge in [-0.1, -0.05) is 18.2 Å². The third kappa shape index (κ3) is 2.10. The van der Waals surface area contributed by atoms with Gasteiger partial charge in [0.2, 0.25) is 0 Å². The van der Waals surface area contributed by atoms with Crippen molar-refractivity contribution >= 4 is 11.1 Å². The summed E-state index contributed by atoms with van der Waals surface area (Å²) in [6, 6.07) is 12.8. The number of nitriles is 1. The first kappa shape index (κ1) is 12.6. The molecule has 0 saturated carbocycles. The molecule has 0 aromatic heterocycles. The van der Waals surface area contributed by atoms with Gasteiger partial charge in [-0.15, -0.1) is 0 Å². The van der Waals surface area contributed by atoms with E-state index in [-0.39, 0.29) is 11.6 Å². The molecule has 3 heteroatoms. The molecule has 0 spiro atoms. The van der Waals surface area contributed by atoms with Crippen LogP contribution in [0.2, 0.25) is 0 Å². The van der Waals surface area contributed by atoms with E-state index in [9.17, 15) is 14.0 Å². The van der Waals surface area contributed by atoms with Crippen LogP contribution in [0.15, 0.2) is 42.5 Å². The number of hydrogen-bond acceptors (Lipinski definition) is 1. The third-order valence-corrected chi connectivity index (χ3v) is 3.59. The number of aryl methyl sites for hydroxylation is 1. The molecule has 0 unspecified atom stereocenters. The average Bonchev–Trinajstić information content (AvgIpc) is 2.46. The molecule has 1 aliphatic carbocycles. The lowest BCUT2D eigenvalue weighted by Crippen LogP contribution is -2.04. The van der Waals surface area contributed by atoms with Crippen LogP contribution in [0.1, 0.15) is 23.1 Å². The number of fused-ring (bicyclic) bond motifs is 1. The lowest BCUT2D eigenvalue weighted by molar-refractivity contribution is 0.624. The number of rotatable bonds is 1. The van der Waals surface area contributed by atoms with Gasteiger partial charge >= 0.3 is 0 Å². The summed E-state index contributed by atoms with van der Waals surface area (Å²) in [4.78, 5) is 0. The van der Waals surface area contributed by atoms with Gasteiger partial charge in [-0.3, -0.25) is 0 Å². The molecule has 0 saturated heterocycles. The Morgan fingerprint density at radius 2 is 1.60 bits per heavy atom. The molecular weight excluding hydrogens is 256 g/mol. The summed E-state index contributed by atoms with van der Waals surface area (Å²) in [5.41, 5.74) is 3.93. The Hall–Kier alpha value is -2.47. The SMILES string of the molecule is N#CC1=C(c2ccc(F)cc2)CCc2cc(F)ccc21. The first-order valence-electron chi connectivity index (χ1n) is 6.37. The molecule has 98 valence electrons. The van der Waals surface area contributed by atoms with Gasteiger partial charge in [0.1, 0.15) is 17.7 Å². The molecule has 0 N–H and O–H groups in total. The van der Waals surface area contributed by atoms with Crippen LogP contribution in [0.3, 0.4) is 0 Å². The molecule has 20 heavy (non-hydrogen) atoms. The van der Waals surface area contributed by atoms with Crippen LogP contribution in [-0.4, -0.2) is 0 Å². The van der Waals surface area contributed by atoms with Crippen molar-refractivity contribution in [3.63, 3.8) is 0 Å². The summed E-state index contributed by atoms with van der Waals surface area (Å²) in [5, 5.41) is 9.42. The van der Waals surface area contributed by atoms with Crippen molar-refractivity contribution in [3.8, 4) is 6.07 Å². The second-order valence-electron chi connectivity index (χ2n) is 4.77. The minimum Gasteiger partial charge on any atom is -0.207 e. The van der Waals surface area contributed by atoms with Crippen molar-refractivity contribution in [2.45, 2.75) is 12.8 Å². The van der Waals surface area contributed by atoms with Crippen molar-refractivity contribution < 1.29 is 8.78 Å². The minimum atomic E-state index is -0.300. The van der Waals surface area contributed by atoms with E-state index in [0.29, 0.717) is 18.4 Å². The van der Waals surface area contributed by atoms with Crippen LogP contribution in [0.25, 0.3) is 11.1 Å². The molecule has 3 rings (SSSR count). The zero-order valence-electron chi connectivity index (χ0n) is 10.7. The molecule has 2 aromatic rings. The number of nitrogens with zero attached hydrogens (tertiary/aromatic N) is 1. The van der Waals surface area contributed by atoms with E-state index >= 15 is 0 Å². The van der Waals surface area contributed by atoms with E-state index in [1.807, 2.05) is 0 Å². The van der Waals surface area contributed by atoms with Gasteiger partial charge in [0, 0.05) is 0 Å². The largest absolute Gasteiger partial charge is 0.207 e. The Labute approximate surface area is 115 Å². The maximum atomic E-state index is 13.2. The molecule has 0 aliphatic heterocycles. The second kappa shape index (κ2) is 4.90. The summed E-state index contributed by atoms with van der Waals surface area (Å²) in [7, 11) is 0. The van der Waals surface area contributed by atoms with Crippen LogP contribution in [0, 0.1) is 23.0 Å². The normalized spacial score (nSPS) is 13.8. The highest BCUT2D eigenvalue weighted by Crippen LogP contribution is 2.36. The quantitative estimate of drug-likeness (QED) is 0.753. The maximum Gasteiger partial charge on any atom is 0.123 e. The first-order valence-corrected chi connectivity index (χ1v) is 6.37. The van der Waals surface area contributed by atoms with E-state index < -0.39 is 0 Å². The molecule has 2 aromatic carbocycles. The number of hydrogen-bond donors (Lipinski definition) is 0. The molecule has 1 aliphatic rings. The number of allylic oxidation sites excluding steroid dienone is 2. The molecule has 0 radical (unpaired) electrons. The van der Waals surface area contributed by atoms with Crippen molar-refractivity contribution in [1.82, 2.24) is 0 Å². The summed E-state index contributed by atoms with van der Waals surface area (Å²) < 4.78 is 26.2. The van der Waals surface area contributed by atoms with Gasteiger partial charge in [-0.05, 0) is 59.4 Å². The Bertz CT molecular complexity index is 737. The monoisotopic (exact) mass is 267 g/mol. The van der Waals surface area contributed by atoms with Crippen molar-refractivity contribution in [1.29, 1.82) is 5.26 Å².